The van der Waals surface area contributed by atoms with E-state index in [9.17, 15) is 4.79 Å². The number of nitrogens with two attached hydrogens (primary N) is 1. The molecule has 3 rings (SSSR count). The van der Waals surface area contributed by atoms with Gasteiger partial charge < -0.3 is 16.0 Å². The lowest BCUT2D eigenvalue weighted by Crippen LogP contribution is -2.28. The van der Waals surface area contributed by atoms with Crippen LogP contribution >= 0.6 is 22.9 Å². The minimum Gasteiger partial charge on any atom is -0.382 e. The Morgan fingerprint density at radius 3 is 3.05 bits per heavy atom. The third kappa shape index (κ3) is 2.75. The minimum atomic E-state index is -0.126. The van der Waals surface area contributed by atoms with E-state index in [1.807, 2.05) is 17.3 Å². The molecule has 0 saturated heterocycles. The lowest BCUT2D eigenvalue weighted by molar-refractivity contribution is 0.0952. The van der Waals surface area contributed by atoms with Crippen molar-refractivity contribution in [3.8, 4) is 0 Å². The number of nitrogens with one attached hydrogen (secondary N) is 1. The molecular weight excluding hydrogens is 294 g/mol. The fraction of sp³-hybridized carbons (Fsp3) is 0.417. The summed E-state index contributed by atoms with van der Waals surface area (Å²) in [6, 6.07) is 0.304. The second-order valence-corrected chi connectivity index (χ2v) is 6.30. The van der Waals surface area contributed by atoms with E-state index in [1.165, 1.54) is 11.5 Å². The largest absolute Gasteiger partial charge is 0.382 e. The fourth-order valence-electron chi connectivity index (χ4n) is 1.88. The number of aromatic nitrogens is 2. The summed E-state index contributed by atoms with van der Waals surface area (Å²) in [5.74, 6) is 0.173. The number of nitrogens with zero attached hydrogens (tertiary/aromatic N) is 3. The van der Waals surface area contributed by atoms with Gasteiger partial charge in [-0.2, -0.15) is 4.37 Å². The van der Waals surface area contributed by atoms with E-state index in [4.69, 9.17) is 5.73 Å². The van der Waals surface area contributed by atoms with Crippen molar-refractivity contribution in [3.05, 3.63) is 22.1 Å². The van der Waals surface area contributed by atoms with Gasteiger partial charge in [0.1, 0.15) is 10.6 Å². The van der Waals surface area contributed by atoms with E-state index in [1.54, 1.807) is 16.8 Å². The van der Waals surface area contributed by atoms with Crippen LogP contribution in [0.2, 0.25) is 0 Å². The molecule has 0 bridgehead atoms. The Balaban J connectivity index is 1.79. The van der Waals surface area contributed by atoms with Crippen LogP contribution in [0.25, 0.3) is 0 Å². The molecule has 1 aliphatic rings. The summed E-state index contributed by atoms with van der Waals surface area (Å²) >= 11 is 2.80. The Kier molecular flexibility index (Phi) is 3.58. The molecular formula is C12H15N5OS2. The van der Waals surface area contributed by atoms with Crippen molar-refractivity contribution in [1.29, 1.82) is 0 Å². The highest BCUT2D eigenvalue weighted by Gasteiger charge is 2.28. The summed E-state index contributed by atoms with van der Waals surface area (Å²) in [5, 5.41) is 5.74. The molecule has 20 heavy (non-hydrogen) atoms. The van der Waals surface area contributed by atoms with Gasteiger partial charge in [0.25, 0.3) is 5.91 Å². The van der Waals surface area contributed by atoms with Crippen LogP contribution < -0.4 is 16.0 Å². The van der Waals surface area contributed by atoms with Crippen LogP contribution in [0.1, 0.15) is 28.9 Å². The smallest absolute Gasteiger partial charge is 0.258 e. The first kappa shape index (κ1) is 13.3. The second-order valence-electron chi connectivity index (χ2n) is 4.83. The molecule has 0 spiro atoms. The van der Waals surface area contributed by atoms with Gasteiger partial charge in [-0.3, -0.25) is 4.79 Å². The van der Waals surface area contributed by atoms with Gasteiger partial charge >= 0.3 is 0 Å². The number of thiazole rings is 1. The van der Waals surface area contributed by atoms with Crippen molar-refractivity contribution in [2.45, 2.75) is 25.4 Å². The number of hydrogen-bond donors (Lipinski definition) is 2. The zero-order chi connectivity index (χ0) is 14.1. The quantitative estimate of drug-likeness (QED) is 0.878. The summed E-state index contributed by atoms with van der Waals surface area (Å²) < 4.78 is 4.11. The van der Waals surface area contributed by atoms with E-state index in [0.29, 0.717) is 24.0 Å². The molecule has 0 aromatic carbocycles. The second kappa shape index (κ2) is 5.37. The number of carbonyl (C=O) groups is 1. The van der Waals surface area contributed by atoms with Crippen LogP contribution in [0.5, 0.6) is 0 Å². The van der Waals surface area contributed by atoms with Crippen molar-refractivity contribution >= 4 is 39.6 Å². The van der Waals surface area contributed by atoms with E-state index >= 15 is 0 Å². The highest BCUT2D eigenvalue weighted by molar-refractivity contribution is 7.11. The van der Waals surface area contributed by atoms with Crippen molar-refractivity contribution in [2.75, 3.05) is 17.7 Å². The van der Waals surface area contributed by atoms with Crippen LogP contribution in [0.4, 0.5) is 10.8 Å². The third-order valence-corrected chi connectivity index (χ3v) is 4.68. The van der Waals surface area contributed by atoms with Gasteiger partial charge in [0, 0.05) is 18.5 Å². The number of rotatable bonds is 5. The van der Waals surface area contributed by atoms with E-state index in [-0.39, 0.29) is 5.91 Å². The van der Waals surface area contributed by atoms with Crippen LogP contribution in [-0.2, 0) is 6.54 Å². The number of hydrogen-bond acceptors (Lipinski definition) is 7. The zero-order valence-corrected chi connectivity index (χ0v) is 12.6. The first-order chi connectivity index (χ1) is 9.65. The average Bonchev–Trinajstić information content (AvgIpc) is 2.91. The molecule has 8 heteroatoms. The predicted octanol–water partition coefficient (Wildman–Crippen LogP) is 1.71. The standard InChI is InChI=1S/C12H15N5OS2/c1-17(4-8-5-19-6-14-8)12-9(10(13)16-20-12)11(18)15-7-2-3-7/h5-7H,2-4H2,1H3,(H2,13,16)(H,15,18). The molecule has 6 nitrogen and oxygen atoms in total. The number of carbonyl (C=O) groups excluding carboxylic acids is 1. The maximum Gasteiger partial charge on any atom is 0.258 e. The van der Waals surface area contributed by atoms with Crippen LogP contribution in [0.3, 0.4) is 0 Å². The zero-order valence-electron chi connectivity index (χ0n) is 11.0. The van der Waals surface area contributed by atoms with Gasteiger partial charge in [-0.25, -0.2) is 4.98 Å². The van der Waals surface area contributed by atoms with Crippen LogP contribution in [0, 0.1) is 0 Å². The van der Waals surface area contributed by atoms with Gasteiger partial charge in [-0.05, 0) is 24.4 Å². The molecule has 1 saturated carbocycles. The average molecular weight is 309 g/mol. The van der Waals surface area contributed by atoms with Crippen LogP contribution in [0.15, 0.2) is 10.9 Å². The first-order valence-corrected chi connectivity index (χ1v) is 8.01. The number of nitrogen functional groups attached to an aromatic ring is 1. The topological polar surface area (TPSA) is 84.1 Å². The van der Waals surface area contributed by atoms with Crippen LogP contribution in [-0.4, -0.2) is 28.4 Å². The molecule has 2 aromatic heterocycles. The highest BCUT2D eigenvalue weighted by Crippen LogP contribution is 2.31. The lowest BCUT2D eigenvalue weighted by atomic mass is 10.2. The molecule has 106 valence electrons. The lowest BCUT2D eigenvalue weighted by Gasteiger charge is -2.17. The van der Waals surface area contributed by atoms with Gasteiger partial charge in [0.15, 0.2) is 5.82 Å². The maximum atomic E-state index is 12.2. The fourth-order valence-corrected chi connectivity index (χ4v) is 3.20. The molecule has 2 aromatic rings. The highest BCUT2D eigenvalue weighted by atomic mass is 32.1. The van der Waals surface area contributed by atoms with Gasteiger partial charge in [-0.15, -0.1) is 11.3 Å². The molecule has 0 aliphatic heterocycles. The molecule has 1 amide bonds. The Morgan fingerprint density at radius 2 is 2.40 bits per heavy atom. The summed E-state index contributed by atoms with van der Waals surface area (Å²) in [5.41, 5.74) is 9.10. The van der Waals surface area contributed by atoms with Crippen molar-refractivity contribution in [3.63, 3.8) is 0 Å². The van der Waals surface area contributed by atoms with Gasteiger partial charge in [-0.1, -0.05) is 0 Å². The SMILES string of the molecule is CN(Cc1cscn1)c1snc(N)c1C(=O)NC1CC1. The molecule has 2 heterocycles. The predicted molar refractivity (Wildman–Crippen MR) is 81.2 cm³/mol. The maximum absolute atomic E-state index is 12.2. The molecule has 1 fully saturated rings. The first-order valence-electron chi connectivity index (χ1n) is 6.29. The molecule has 0 atom stereocenters. The Bertz CT molecular complexity index is 605. The van der Waals surface area contributed by atoms with Crippen molar-refractivity contribution < 1.29 is 4.79 Å². The minimum absolute atomic E-state index is 0.126. The third-order valence-electron chi connectivity index (χ3n) is 3.07. The normalized spacial score (nSPS) is 14.2. The Hall–Kier alpha value is -1.67. The Morgan fingerprint density at radius 1 is 1.60 bits per heavy atom. The van der Waals surface area contributed by atoms with Gasteiger partial charge in [0.05, 0.1) is 17.7 Å². The monoisotopic (exact) mass is 309 g/mol. The van der Waals surface area contributed by atoms with E-state index in [2.05, 4.69) is 14.7 Å². The summed E-state index contributed by atoms with van der Waals surface area (Å²) in [7, 11) is 1.92. The van der Waals surface area contributed by atoms with Crippen molar-refractivity contribution in [2.24, 2.45) is 0 Å². The van der Waals surface area contributed by atoms with E-state index < -0.39 is 0 Å². The van der Waals surface area contributed by atoms with E-state index in [0.717, 1.165) is 23.5 Å². The summed E-state index contributed by atoms with van der Waals surface area (Å²) in [4.78, 5) is 18.5. The molecule has 0 radical (unpaired) electrons. The number of amides is 1. The summed E-state index contributed by atoms with van der Waals surface area (Å²) in [6.45, 7) is 0.634. The molecule has 0 unspecified atom stereocenters. The molecule has 1 aliphatic carbocycles. The Labute approximate surface area is 124 Å². The van der Waals surface area contributed by atoms with Crippen molar-refractivity contribution in [1.82, 2.24) is 14.7 Å². The molecule has 3 N–H and O–H groups in total. The van der Waals surface area contributed by atoms with Gasteiger partial charge in [0.2, 0.25) is 0 Å². The number of anilines is 2. The summed E-state index contributed by atoms with van der Waals surface area (Å²) in [6.07, 6.45) is 2.10.